The summed E-state index contributed by atoms with van der Waals surface area (Å²) in [5.74, 6) is 0.0821. The second-order valence-corrected chi connectivity index (χ2v) is 5.15. The lowest BCUT2D eigenvalue weighted by molar-refractivity contribution is -0.684. The van der Waals surface area contributed by atoms with Crippen molar-refractivity contribution in [3.8, 4) is 0 Å². The van der Waals surface area contributed by atoms with Gasteiger partial charge in [-0.15, -0.1) is 0 Å². The molecule has 2 aromatic rings. The number of nitrogens with zero attached hydrogens (tertiary/aromatic N) is 1. The van der Waals surface area contributed by atoms with E-state index in [1.807, 2.05) is 47.3 Å². The van der Waals surface area contributed by atoms with Gasteiger partial charge in [-0.05, 0) is 6.92 Å². The zero-order valence-corrected chi connectivity index (χ0v) is 11.3. The Morgan fingerprint density at radius 3 is 2.61 bits per heavy atom. The number of hydrogen-bond donors (Lipinski definition) is 1. The number of benzene rings is 1. The SMILES string of the molecule is Cc1c(C(C)O)sc[n+]1CC(=O)c1ccccc1. The highest BCUT2D eigenvalue weighted by molar-refractivity contribution is 7.09. The van der Waals surface area contributed by atoms with E-state index in [2.05, 4.69) is 0 Å². The molecule has 0 bridgehead atoms. The maximum atomic E-state index is 12.1. The predicted molar refractivity (Wildman–Crippen MR) is 70.7 cm³/mol. The van der Waals surface area contributed by atoms with E-state index in [4.69, 9.17) is 0 Å². The Balaban J connectivity index is 2.18. The Morgan fingerprint density at radius 1 is 1.39 bits per heavy atom. The number of ketones is 1. The van der Waals surface area contributed by atoms with Crippen LogP contribution in [0.15, 0.2) is 35.8 Å². The first-order chi connectivity index (χ1) is 8.59. The molecule has 0 saturated carbocycles. The van der Waals surface area contributed by atoms with Crippen LogP contribution in [0.1, 0.15) is 34.0 Å². The summed E-state index contributed by atoms with van der Waals surface area (Å²) in [6, 6.07) is 9.25. The van der Waals surface area contributed by atoms with Crippen molar-refractivity contribution in [2.75, 3.05) is 0 Å². The highest BCUT2D eigenvalue weighted by Crippen LogP contribution is 2.19. The monoisotopic (exact) mass is 262 g/mol. The molecule has 0 aliphatic carbocycles. The van der Waals surface area contributed by atoms with Gasteiger partial charge in [-0.1, -0.05) is 41.7 Å². The maximum Gasteiger partial charge on any atom is 0.227 e. The van der Waals surface area contributed by atoms with Crippen molar-refractivity contribution in [2.24, 2.45) is 0 Å². The summed E-state index contributed by atoms with van der Waals surface area (Å²) in [5, 5.41) is 9.58. The molecule has 94 valence electrons. The zero-order valence-electron chi connectivity index (χ0n) is 10.5. The van der Waals surface area contributed by atoms with E-state index in [-0.39, 0.29) is 5.78 Å². The fraction of sp³-hybridized carbons (Fsp3) is 0.286. The third kappa shape index (κ3) is 2.66. The average Bonchev–Trinajstić information content (AvgIpc) is 2.72. The third-order valence-electron chi connectivity index (χ3n) is 2.88. The quantitative estimate of drug-likeness (QED) is 0.678. The molecule has 2 rings (SSSR count). The summed E-state index contributed by atoms with van der Waals surface area (Å²) in [5.41, 5.74) is 3.56. The molecule has 18 heavy (non-hydrogen) atoms. The van der Waals surface area contributed by atoms with Crippen molar-refractivity contribution in [3.05, 3.63) is 52.0 Å². The lowest BCUT2D eigenvalue weighted by Crippen LogP contribution is -2.38. The molecular formula is C14H16NO2S+. The summed E-state index contributed by atoms with van der Waals surface area (Å²) < 4.78 is 1.89. The smallest absolute Gasteiger partial charge is 0.227 e. The Bertz CT molecular complexity index is 546. The number of carbonyl (C=O) groups is 1. The average molecular weight is 262 g/mol. The fourth-order valence-electron chi connectivity index (χ4n) is 1.85. The molecule has 1 N–H and O–H groups in total. The highest BCUT2D eigenvalue weighted by Gasteiger charge is 2.21. The number of aliphatic hydroxyl groups excluding tert-OH is 1. The van der Waals surface area contributed by atoms with Crippen molar-refractivity contribution in [1.82, 2.24) is 0 Å². The Kier molecular flexibility index (Phi) is 3.89. The molecule has 3 nitrogen and oxygen atoms in total. The van der Waals surface area contributed by atoms with E-state index in [1.54, 1.807) is 6.92 Å². The van der Waals surface area contributed by atoms with E-state index in [0.717, 1.165) is 10.6 Å². The number of Topliss-reactive ketones (excluding diaryl/α,β-unsaturated/α-hetero) is 1. The molecule has 0 radical (unpaired) electrons. The van der Waals surface area contributed by atoms with Crippen LogP contribution in [-0.4, -0.2) is 10.9 Å². The Labute approximate surface area is 110 Å². The number of rotatable bonds is 4. The summed E-state index contributed by atoms with van der Waals surface area (Å²) in [6.45, 7) is 3.98. The van der Waals surface area contributed by atoms with Crippen LogP contribution in [0.3, 0.4) is 0 Å². The molecule has 1 aromatic heterocycles. The maximum absolute atomic E-state index is 12.1. The Hall–Kier alpha value is -1.52. The molecule has 0 aliphatic rings. The second-order valence-electron chi connectivity index (χ2n) is 4.27. The van der Waals surface area contributed by atoms with Crippen molar-refractivity contribution < 1.29 is 14.5 Å². The van der Waals surface area contributed by atoms with Crippen LogP contribution in [0.25, 0.3) is 0 Å². The van der Waals surface area contributed by atoms with Crippen LogP contribution in [0.5, 0.6) is 0 Å². The van der Waals surface area contributed by atoms with E-state index in [9.17, 15) is 9.90 Å². The van der Waals surface area contributed by atoms with Crippen LogP contribution in [-0.2, 0) is 6.54 Å². The molecule has 1 aromatic carbocycles. The summed E-state index contributed by atoms with van der Waals surface area (Å²) in [4.78, 5) is 13.0. The Morgan fingerprint density at radius 2 is 2.06 bits per heavy atom. The molecule has 1 unspecified atom stereocenters. The first-order valence-corrected chi connectivity index (χ1v) is 6.71. The summed E-state index contributed by atoms with van der Waals surface area (Å²) in [6.07, 6.45) is -0.483. The normalized spacial score (nSPS) is 12.4. The number of carbonyl (C=O) groups excluding carboxylic acids is 1. The van der Waals surface area contributed by atoms with Gasteiger partial charge in [0.2, 0.25) is 17.8 Å². The standard InChI is InChI=1S/C14H16NO2S/c1-10-14(11(2)16)18-9-15(10)8-13(17)12-6-4-3-5-7-12/h3-7,9,11,16H,8H2,1-2H3/q+1. The van der Waals surface area contributed by atoms with E-state index >= 15 is 0 Å². The van der Waals surface area contributed by atoms with Gasteiger partial charge in [-0.25, -0.2) is 0 Å². The van der Waals surface area contributed by atoms with E-state index in [0.29, 0.717) is 12.1 Å². The molecule has 1 atom stereocenters. The van der Waals surface area contributed by atoms with E-state index < -0.39 is 6.10 Å². The number of aliphatic hydroxyl groups is 1. The van der Waals surface area contributed by atoms with Gasteiger partial charge in [-0.3, -0.25) is 4.79 Å². The minimum absolute atomic E-state index is 0.0821. The van der Waals surface area contributed by atoms with Crippen LogP contribution in [0, 0.1) is 6.92 Å². The summed E-state index contributed by atoms with van der Waals surface area (Å²) in [7, 11) is 0. The van der Waals surface area contributed by atoms with Gasteiger partial charge < -0.3 is 5.11 Å². The molecule has 0 aliphatic heterocycles. The van der Waals surface area contributed by atoms with Crippen LogP contribution >= 0.6 is 11.3 Å². The molecular weight excluding hydrogens is 246 g/mol. The van der Waals surface area contributed by atoms with Crippen LogP contribution in [0.4, 0.5) is 0 Å². The van der Waals surface area contributed by atoms with Gasteiger partial charge in [0.1, 0.15) is 4.88 Å². The molecule has 0 spiro atoms. The molecule has 0 saturated heterocycles. The largest absolute Gasteiger partial charge is 0.388 e. The van der Waals surface area contributed by atoms with Gasteiger partial charge in [0, 0.05) is 12.5 Å². The number of thiazole rings is 1. The zero-order chi connectivity index (χ0) is 13.1. The van der Waals surface area contributed by atoms with Gasteiger partial charge in [0.15, 0.2) is 5.69 Å². The summed E-state index contributed by atoms with van der Waals surface area (Å²) >= 11 is 1.48. The van der Waals surface area contributed by atoms with E-state index in [1.165, 1.54) is 11.3 Å². The minimum atomic E-state index is -0.483. The molecule has 0 fully saturated rings. The first-order valence-electron chi connectivity index (χ1n) is 5.83. The molecule has 4 heteroatoms. The van der Waals surface area contributed by atoms with Crippen molar-refractivity contribution in [3.63, 3.8) is 0 Å². The fourth-order valence-corrected chi connectivity index (χ4v) is 2.81. The van der Waals surface area contributed by atoms with Gasteiger partial charge >= 0.3 is 0 Å². The van der Waals surface area contributed by atoms with Crippen molar-refractivity contribution >= 4 is 17.1 Å². The second kappa shape index (κ2) is 5.42. The van der Waals surface area contributed by atoms with Crippen LogP contribution in [0.2, 0.25) is 0 Å². The topological polar surface area (TPSA) is 41.2 Å². The lowest BCUT2D eigenvalue weighted by atomic mass is 10.1. The van der Waals surface area contributed by atoms with Gasteiger partial charge in [-0.2, -0.15) is 4.57 Å². The van der Waals surface area contributed by atoms with Crippen molar-refractivity contribution in [2.45, 2.75) is 26.5 Å². The number of hydrogen-bond acceptors (Lipinski definition) is 3. The predicted octanol–water partition coefficient (Wildman–Crippen LogP) is 2.28. The molecule has 1 heterocycles. The van der Waals surface area contributed by atoms with Crippen LogP contribution < -0.4 is 4.57 Å². The lowest BCUT2D eigenvalue weighted by Gasteiger charge is -1.99. The molecule has 0 amide bonds. The number of aromatic nitrogens is 1. The minimum Gasteiger partial charge on any atom is -0.388 e. The van der Waals surface area contributed by atoms with Gasteiger partial charge in [0.25, 0.3) is 0 Å². The third-order valence-corrected chi connectivity index (χ3v) is 4.13. The van der Waals surface area contributed by atoms with Gasteiger partial charge in [0.05, 0.1) is 6.10 Å². The van der Waals surface area contributed by atoms with Crippen molar-refractivity contribution in [1.29, 1.82) is 0 Å². The highest BCUT2D eigenvalue weighted by atomic mass is 32.1. The first kappa shape index (κ1) is 12.9.